The largest absolute Gasteiger partial charge is 0.507 e. The number of rotatable bonds is 2. The van der Waals surface area contributed by atoms with Crippen LogP contribution in [0, 0.1) is 0 Å². The second-order valence-corrected chi connectivity index (χ2v) is 6.84. The number of hydrogen-bond donors (Lipinski definition) is 2. The molecule has 0 aromatic heterocycles. The van der Waals surface area contributed by atoms with Crippen molar-refractivity contribution in [2.24, 2.45) is 0 Å². The number of phenols is 2. The molecule has 0 aliphatic carbocycles. The lowest BCUT2D eigenvalue weighted by Gasteiger charge is -2.27. The van der Waals surface area contributed by atoms with Gasteiger partial charge in [0.2, 0.25) is 0 Å². The smallest absolute Gasteiger partial charge is 0.257 e. The van der Waals surface area contributed by atoms with Gasteiger partial charge in [-0.15, -0.1) is 0 Å². The molecule has 8 nitrogen and oxygen atoms in total. The maximum absolute atomic E-state index is 11.9. The fourth-order valence-electron chi connectivity index (χ4n) is 3.18. The van der Waals surface area contributed by atoms with Crippen LogP contribution in [-0.4, -0.2) is 84.4 Å². The van der Waals surface area contributed by atoms with Gasteiger partial charge in [-0.05, 0) is 24.3 Å². The molecule has 30 heavy (non-hydrogen) atoms. The number of hydrogen-bond acceptors (Lipinski definition) is 6. The Bertz CT molecular complexity index is 789. The van der Waals surface area contributed by atoms with E-state index in [0.717, 1.165) is 0 Å². The maximum Gasteiger partial charge on any atom is 0.257 e. The number of nitrogens with zero attached hydrogens (tertiary/aromatic N) is 2. The van der Waals surface area contributed by atoms with Crippen LogP contribution in [0.4, 0.5) is 0 Å². The van der Waals surface area contributed by atoms with Gasteiger partial charge >= 0.3 is 0 Å². The lowest BCUT2D eigenvalue weighted by molar-refractivity contribution is 0.0299. The Kier molecular flexibility index (Phi) is 7.64. The van der Waals surface area contributed by atoms with Crippen molar-refractivity contribution in [3.63, 3.8) is 0 Å². The van der Waals surface area contributed by atoms with Crippen LogP contribution in [0.1, 0.15) is 20.7 Å². The summed E-state index contributed by atoms with van der Waals surface area (Å²) in [6, 6.07) is 13.2. The van der Waals surface area contributed by atoms with Gasteiger partial charge in [0.25, 0.3) is 11.8 Å². The number of ether oxygens (including phenoxy) is 2. The van der Waals surface area contributed by atoms with Gasteiger partial charge in [-0.25, -0.2) is 0 Å². The van der Waals surface area contributed by atoms with Gasteiger partial charge in [-0.3, -0.25) is 9.59 Å². The minimum absolute atomic E-state index is 0.0361. The summed E-state index contributed by atoms with van der Waals surface area (Å²) >= 11 is 0. The lowest BCUT2D eigenvalue weighted by atomic mass is 10.1. The van der Waals surface area contributed by atoms with Crippen molar-refractivity contribution >= 4 is 11.8 Å². The second kappa shape index (κ2) is 10.6. The number of aromatic hydroxyl groups is 2. The highest BCUT2D eigenvalue weighted by atomic mass is 16.5. The minimum Gasteiger partial charge on any atom is -0.507 e. The van der Waals surface area contributed by atoms with Crippen molar-refractivity contribution < 1.29 is 29.3 Å². The Morgan fingerprint density at radius 3 is 1.30 bits per heavy atom. The average Bonchev–Trinajstić information content (AvgIpc) is 2.80. The minimum atomic E-state index is -0.128. The number of phenolic OH excluding ortho intramolecular Hbond substituents is 2. The number of para-hydroxylation sites is 2. The molecule has 2 heterocycles. The molecule has 2 aliphatic rings. The molecule has 2 amide bonds. The molecule has 2 aliphatic heterocycles. The average molecular weight is 414 g/mol. The van der Waals surface area contributed by atoms with E-state index < -0.39 is 0 Å². The second-order valence-electron chi connectivity index (χ2n) is 6.84. The van der Waals surface area contributed by atoms with E-state index in [0.29, 0.717) is 63.7 Å². The fraction of sp³-hybridized carbons (Fsp3) is 0.364. The molecular formula is C22H26N2O6. The first-order valence-corrected chi connectivity index (χ1v) is 9.88. The van der Waals surface area contributed by atoms with Crippen LogP contribution in [0.2, 0.25) is 0 Å². The van der Waals surface area contributed by atoms with E-state index in [1.54, 1.807) is 46.2 Å². The molecule has 0 spiro atoms. The van der Waals surface area contributed by atoms with E-state index in [9.17, 15) is 19.8 Å². The number of morpholine rings is 2. The topological polar surface area (TPSA) is 99.5 Å². The standard InChI is InChI=1S/2C11H13NO3/c2*13-10-4-2-1-3-9(10)11(14)12-5-7-15-8-6-12/h2*1-4,13H,5-8H2. The van der Waals surface area contributed by atoms with Crippen molar-refractivity contribution in [1.82, 2.24) is 9.80 Å². The molecule has 4 rings (SSSR count). The summed E-state index contributed by atoms with van der Waals surface area (Å²) in [5, 5.41) is 19.1. The van der Waals surface area contributed by atoms with Crippen molar-refractivity contribution in [1.29, 1.82) is 0 Å². The number of carbonyl (C=O) groups excluding carboxylic acids is 2. The molecule has 8 heteroatoms. The summed E-state index contributed by atoms with van der Waals surface area (Å²) in [7, 11) is 0. The Labute approximate surface area is 175 Å². The van der Waals surface area contributed by atoms with Crippen molar-refractivity contribution in [3.05, 3.63) is 59.7 Å². The molecule has 2 N–H and O–H groups in total. The molecule has 160 valence electrons. The van der Waals surface area contributed by atoms with Crippen molar-refractivity contribution in [3.8, 4) is 11.5 Å². The van der Waals surface area contributed by atoms with Crippen LogP contribution >= 0.6 is 0 Å². The maximum atomic E-state index is 11.9. The van der Waals surface area contributed by atoms with Crippen LogP contribution in [-0.2, 0) is 9.47 Å². The van der Waals surface area contributed by atoms with Gasteiger partial charge in [0, 0.05) is 26.2 Å². The Hall–Kier alpha value is -3.10. The van der Waals surface area contributed by atoms with Gasteiger partial charge in [0.1, 0.15) is 11.5 Å². The Morgan fingerprint density at radius 2 is 0.967 bits per heavy atom. The zero-order valence-corrected chi connectivity index (χ0v) is 16.7. The fourth-order valence-corrected chi connectivity index (χ4v) is 3.18. The zero-order valence-electron chi connectivity index (χ0n) is 16.7. The third-order valence-corrected chi connectivity index (χ3v) is 4.87. The Balaban J connectivity index is 0.000000171. The first-order chi connectivity index (χ1) is 14.6. The highest BCUT2D eigenvalue weighted by Gasteiger charge is 2.21. The predicted molar refractivity (Wildman–Crippen MR) is 110 cm³/mol. The molecule has 0 bridgehead atoms. The molecule has 0 saturated carbocycles. The van der Waals surface area contributed by atoms with E-state index in [1.165, 1.54) is 12.1 Å². The number of carbonyl (C=O) groups is 2. The van der Waals surface area contributed by atoms with E-state index in [1.807, 2.05) is 0 Å². The van der Waals surface area contributed by atoms with Crippen LogP contribution in [0.15, 0.2) is 48.5 Å². The molecular weight excluding hydrogens is 388 g/mol. The molecule has 2 aromatic rings. The van der Waals surface area contributed by atoms with Crippen LogP contribution in [0.25, 0.3) is 0 Å². The molecule has 2 fully saturated rings. The highest BCUT2D eigenvalue weighted by molar-refractivity contribution is 5.97. The summed E-state index contributed by atoms with van der Waals surface area (Å²) < 4.78 is 10.3. The van der Waals surface area contributed by atoms with Crippen LogP contribution in [0.3, 0.4) is 0 Å². The molecule has 0 unspecified atom stereocenters. The zero-order chi connectivity index (χ0) is 21.3. The van der Waals surface area contributed by atoms with Crippen molar-refractivity contribution in [2.45, 2.75) is 0 Å². The van der Waals surface area contributed by atoms with Gasteiger partial charge < -0.3 is 29.5 Å². The quantitative estimate of drug-likeness (QED) is 0.777. The van der Waals surface area contributed by atoms with E-state index in [4.69, 9.17) is 9.47 Å². The highest BCUT2D eigenvalue weighted by Crippen LogP contribution is 2.19. The molecule has 2 saturated heterocycles. The number of benzene rings is 2. The van der Waals surface area contributed by atoms with Crippen molar-refractivity contribution in [2.75, 3.05) is 52.6 Å². The van der Waals surface area contributed by atoms with Gasteiger partial charge in [0.05, 0.1) is 37.6 Å². The monoisotopic (exact) mass is 414 g/mol. The van der Waals surface area contributed by atoms with E-state index in [-0.39, 0.29) is 23.3 Å². The van der Waals surface area contributed by atoms with Gasteiger partial charge in [-0.2, -0.15) is 0 Å². The number of amides is 2. The summed E-state index contributed by atoms with van der Waals surface area (Å²) in [6.07, 6.45) is 0. The third kappa shape index (κ3) is 5.49. The summed E-state index contributed by atoms with van der Waals surface area (Å²) in [6.45, 7) is 4.64. The van der Waals surface area contributed by atoms with Crippen LogP contribution < -0.4 is 0 Å². The predicted octanol–water partition coefficient (Wildman–Crippen LogP) is 1.73. The van der Waals surface area contributed by atoms with E-state index >= 15 is 0 Å². The summed E-state index contributed by atoms with van der Waals surface area (Å²) in [5.41, 5.74) is 0.721. The SMILES string of the molecule is O=C(c1ccccc1O)N1CCOCC1.O=C(c1ccccc1O)N1CCOCC1. The normalized spacial score (nSPS) is 16.4. The molecule has 0 atom stereocenters. The van der Waals surface area contributed by atoms with E-state index in [2.05, 4.69) is 0 Å². The Morgan fingerprint density at radius 1 is 0.633 bits per heavy atom. The summed E-state index contributed by atoms with van der Waals surface area (Å²) in [4.78, 5) is 27.2. The third-order valence-electron chi connectivity index (χ3n) is 4.87. The summed E-state index contributed by atoms with van der Waals surface area (Å²) in [5.74, 6) is -0.184. The van der Waals surface area contributed by atoms with Gasteiger partial charge in [0.15, 0.2) is 0 Å². The lowest BCUT2D eigenvalue weighted by Crippen LogP contribution is -2.40. The van der Waals surface area contributed by atoms with Gasteiger partial charge in [-0.1, -0.05) is 24.3 Å². The molecule has 2 aromatic carbocycles. The van der Waals surface area contributed by atoms with Crippen LogP contribution in [0.5, 0.6) is 11.5 Å². The first kappa shape index (κ1) is 21.6. The first-order valence-electron chi connectivity index (χ1n) is 9.88. The molecule has 0 radical (unpaired) electrons.